The highest BCUT2D eigenvalue weighted by Crippen LogP contribution is 1.69. The fourth-order valence-electron chi connectivity index (χ4n) is 0.305. The van der Waals surface area contributed by atoms with E-state index in [1.807, 2.05) is 0 Å². The molecule has 0 saturated heterocycles. The predicted molar refractivity (Wildman–Crippen MR) is 33.3 cm³/mol. The van der Waals surface area contributed by atoms with Gasteiger partial charge in [0.15, 0.2) is 0 Å². The van der Waals surface area contributed by atoms with Crippen molar-refractivity contribution < 1.29 is 4.84 Å². The van der Waals surface area contributed by atoms with Gasteiger partial charge in [-0.3, -0.25) is 0 Å². The van der Waals surface area contributed by atoms with Gasteiger partial charge in [0.25, 0.3) is 0 Å². The highest BCUT2D eigenvalue weighted by atomic mass is 16.6. The minimum Gasteiger partial charge on any atom is -0.328 e. The average Bonchev–Trinajstić information content (AvgIpc) is 1.81. The van der Waals surface area contributed by atoms with Crippen LogP contribution in [0.3, 0.4) is 0 Å². The molecule has 0 saturated carbocycles. The monoisotopic (exact) mass is 118 g/mol. The molecule has 0 aliphatic carbocycles. The molecule has 0 unspecified atom stereocenters. The molecule has 3 nitrogen and oxygen atoms in total. The van der Waals surface area contributed by atoms with E-state index in [0.717, 1.165) is 13.0 Å². The third-order valence-corrected chi connectivity index (χ3v) is 0.674. The highest BCUT2D eigenvalue weighted by molar-refractivity contribution is 4.29. The van der Waals surface area contributed by atoms with Gasteiger partial charge in [-0.15, -0.1) is 0 Å². The largest absolute Gasteiger partial charge is 0.328 e. The minimum absolute atomic E-state index is 0.580. The van der Waals surface area contributed by atoms with Crippen LogP contribution in [0.15, 0.2) is 0 Å². The maximum absolute atomic E-state index is 5.15. The minimum atomic E-state index is 0.580. The van der Waals surface area contributed by atoms with Crippen molar-refractivity contribution in [1.29, 1.82) is 0 Å². The molecular weight excluding hydrogens is 104 g/mol. The molecular formula is C5H14N2O. The molecule has 0 aromatic rings. The molecule has 3 heteroatoms. The lowest BCUT2D eigenvalue weighted by atomic mass is 10.5. The Kier molecular flexibility index (Phi) is 6.78. The SMILES string of the molecule is CCCNOCCN. The second kappa shape index (κ2) is 6.88. The summed E-state index contributed by atoms with van der Waals surface area (Å²) in [5.74, 6) is 0. The van der Waals surface area contributed by atoms with Crippen molar-refractivity contribution in [3.8, 4) is 0 Å². The molecule has 0 fully saturated rings. The first-order valence-corrected chi connectivity index (χ1v) is 2.96. The van der Waals surface area contributed by atoms with Crippen LogP contribution in [0.25, 0.3) is 0 Å². The van der Waals surface area contributed by atoms with E-state index >= 15 is 0 Å². The van der Waals surface area contributed by atoms with Gasteiger partial charge in [0.05, 0.1) is 6.61 Å². The number of hydrogen-bond acceptors (Lipinski definition) is 3. The first-order chi connectivity index (χ1) is 3.91. The van der Waals surface area contributed by atoms with Crippen molar-refractivity contribution in [3.63, 3.8) is 0 Å². The number of rotatable bonds is 5. The molecule has 0 spiro atoms. The normalized spacial score (nSPS) is 9.75. The van der Waals surface area contributed by atoms with E-state index in [4.69, 9.17) is 10.6 Å². The Labute approximate surface area is 50.2 Å². The Hall–Kier alpha value is -0.120. The number of hydroxylamine groups is 1. The lowest BCUT2D eigenvalue weighted by Crippen LogP contribution is -2.20. The van der Waals surface area contributed by atoms with Crippen LogP contribution in [0.2, 0.25) is 0 Å². The first kappa shape index (κ1) is 7.88. The van der Waals surface area contributed by atoms with Crippen LogP contribution in [0.1, 0.15) is 13.3 Å². The Morgan fingerprint density at radius 2 is 2.38 bits per heavy atom. The number of nitrogens with two attached hydrogens (primary N) is 1. The molecule has 0 aliphatic rings. The van der Waals surface area contributed by atoms with Crippen molar-refractivity contribution in [2.45, 2.75) is 13.3 Å². The maximum Gasteiger partial charge on any atom is 0.0804 e. The fraction of sp³-hybridized carbons (Fsp3) is 1.00. The summed E-state index contributed by atoms with van der Waals surface area (Å²) in [6, 6.07) is 0. The Balaban J connectivity index is 2.53. The van der Waals surface area contributed by atoms with Gasteiger partial charge < -0.3 is 10.6 Å². The van der Waals surface area contributed by atoms with Crippen LogP contribution < -0.4 is 11.2 Å². The molecule has 0 bridgehead atoms. The molecule has 3 N–H and O–H groups in total. The molecule has 8 heavy (non-hydrogen) atoms. The van der Waals surface area contributed by atoms with Gasteiger partial charge in [0.1, 0.15) is 0 Å². The molecule has 0 heterocycles. The molecule has 0 aliphatic heterocycles. The van der Waals surface area contributed by atoms with Gasteiger partial charge in [0, 0.05) is 13.1 Å². The Morgan fingerprint density at radius 3 is 2.88 bits per heavy atom. The highest BCUT2D eigenvalue weighted by Gasteiger charge is 1.79. The lowest BCUT2D eigenvalue weighted by molar-refractivity contribution is 0.0471. The number of nitrogens with one attached hydrogen (secondary N) is 1. The predicted octanol–water partition coefficient (Wildman–Crippen LogP) is -0.124. The second-order valence-corrected chi connectivity index (χ2v) is 1.53. The first-order valence-electron chi connectivity index (χ1n) is 2.96. The molecule has 0 rings (SSSR count). The fourth-order valence-corrected chi connectivity index (χ4v) is 0.305. The van der Waals surface area contributed by atoms with Crippen LogP contribution in [-0.2, 0) is 4.84 Å². The summed E-state index contributed by atoms with van der Waals surface area (Å²) in [4.78, 5) is 4.85. The molecule has 0 aromatic carbocycles. The molecule has 0 radical (unpaired) electrons. The topological polar surface area (TPSA) is 47.3 Å². The van der Waals surface area contributed by atoms with Gasteiger partial charge in [-0.1, -0.05) is 6.92 Å². The van der Waals surface area contributed by atoms with Gasteiger partial charge in [0.2, 0.25) is 0 Å². The van der Waals surface area contributed by atoms with Crippen molar-refractivity contribution in [3.05, 3.63) is 0 Å². The van der Waals surface area contributed by atoms with E-state index in [0.29, 0.717) is 13.2 Å². The van der Waals surface area contributed by atoms with Crippen LogP contribution >= 0.6 is 0 Å². The van der Waals surface area contributed by atoms with Crippen LogP contribution in [0.5, 0.6) is 0 Å². The quantitative estimate of drug-likeness (QED) is 0.390. The van der Waals surface area contributed by atoms with Gasteiger partial charge in [-0.2, -0.15) is 0 Å². The average molecular weight is 118 g/mol. The van der Waals surface area contributed by atoms with Gasteiger partial charge >= 0.3 is 0 Å². The summed E-state index contributed by atoms with van der Waals surface area (Å²) in [6.07, 6.45) is 1.09. The molecule has 0 aromatic heterocycles. The van der Waals surface area contributed by atoms with Crippen LogP contribution in [0.4, 0.5) is 0 Å². The second-order valence-electron chi connectivity index (χ2n) is 1.53. The maximum atomic E-state index is 5.15. The summed E-state index contributed by atoms with van der Waals surface area (Å²) >= 11 is 0. The van der Waals surface area contributed by atoms with Gasteiger partial charge in [-0.25, -0.2) is 5.48 Å². The van der Waals surface area contributed by atoms with E-state index in [1.54, 1.807) is 0 Å². The zero-order valence-corrected chi connectivity index (χ0v) is 5.31. The third-order valence-electron chi connectivity index (χ3n) is 0.674. The third kappa shape index (κ3) is 5.88. The zero-order chi connectivity index (χ0) is 6.24. The van der Waals surface area contributed by atoms with E-state index in [9.17, 15) is 0 Å². The lowest BCUT2D eigenvalue weighted by Gasteiger charge is -2.00. The summed E-state index contributed by atoms with van der Waals surface area (Å²) in [7, 11) is 0. The van der Waals surface area contributed by atoms with Gasteiger partial charge in [-0.05, 0) is 6.42 Å². The molecule has 0 amide bonds. The van der Waals surface area contributed by atoms with Crippen molar-refractivity contribution in [2.24, 2.45) is 5.73 Å². The van der Waals surface area contributed by atoms with Crippen LogP contribution in [0, 0.1) is 0 Å². The standard InChI is InChI=1S/C5H14N2O/c1-2-4-7-8-5-3-6/h7H,2-6H2,1H3. The van der Waals surface area contributed by atoms with Crippen LogP contribution in [-0.4, -0.2) is 19.7 Å². The van der Waals surface area contributed by atoms with E-state index in [-0.39, 0.29) is 0 Å². The molecule has 0 atom stereocenters. The van der Waals surface area contributed by atoms with E-state index < -0.39 is 0 Å². The van der Waals surface area contributed by atoms with Crippen molar-refractivity contribution in [2.75, 3.05) is 19.7 Å². The van der Waals surface area contributed by atoms with E-state index in [1.165, 1.54) is 0 Å². The summed E-state index contributed by atoms with van der Waals surface area (Å²) in [6.45, 7) is 4.16. The summed E-state index contributed by atoms with van der Waals surface area (Å²) < 4.78 is 0. The van der Waals surface area contributed by atoms with Crippen molar-refractivity contribution >= 4 is 0 Å². The summed E-state index contributed by atoms with van der Waals surface area (Å²) in [5.41, 5.74) is 7.90. The van der Waals surface area contributed by atoms with E-state index in [2.05, 4.69) is 12.4 Å². The van der Waals surface area contributed by atoms with Crippen molar-refractivity contribution in [1.82, 2.24) is 5.48 Å². The Morgan fingerprint density at radius 1 is 1.62 bits per heavy atom. The summed E-state index contributed by atoms with van der Waals surface area (Å²) in [5, 5.41) is 0. The molecule has 50 valence electrons. The zero-order valence-electron chi connectivity index (χ0n) is 5.31. The Bertz CT molecular complexity index is 35.4. The smallest absolute Gasteiger partial charge is 0.0804 e. The number of hydrogen-bond donors (Lipinski definition) is 2.